The number of carbonyl (C=O) groups is 2. The lowest BCUT2D eigenvalue weighted by Crippen LogP contribution is -2.40. The second kappa shape index (κ2) is 7.37. The fraction of sp³-hybridized carbons (Fsp3) is 0.273. The molecule has 1 amide bonds. The number of rotatable bonds is 5. The molecule has 5 nitrogen and oxygen atoms in total. The van der Waals surface area contributed by atoms with Crippen LogP contribution in [-0.2, 0) is 4.79 Å². The van der Waals surface area contributed by atoms with Crippen LogP contribution < -0.4 is 5.73 Å². The van der Waals surface area contributed by atoms with Crippen molar-refractivity contribution in [1.29, 1.82) is 0 Å². The molecule has 3 aromatic rings. The van der Waals surface area contributed by atoms with E-state index in [1.807, 2.05) is 54.6 Å². The Bertz CT molecular complexity index is 970. The Morgan fingerprint density at radius 2 is 1.67 bits per heavy atom. The Balaban J connectivity index is 1.63. The van der Waals surface area contributed by atoms with Crippen LogP contribution in [0.25, 0.3) is 22.2 Å². The zero-order chi connectivity index (χ0) is 18.8. The lowest BCUT2D eigenvalue weighted by atomic mass is 9.95. The van der Waals surface area contributed by atoms with Gasteiger partial charge < -0.3 is 10.7 Å². The van der Waals surface area contributed by atoms with Gasteiger partial charge in [0, 0.05) is 16.8 Å². The van der Waals surface area contributed by atoms with Gasteiger partial charge in [0.1, 0.15) is 0 Å². The number of carbonyl (C=O) groups excluding carboxylic acids is 2. The number of Topliss-reactive ketones (excluding diaryl/α,β-unsaturated/α-hetero) is 1. The average molecular weight is 361 g/mol. The van der Waals surface area contributed by atoms with Crippen molar-refractivity contribution in [3.8, 4) is 11.3 Å². The zero-order valence-corrected chi connectivity index (χ0v) is 15.2. The number of piperidine rings is 1. The van der Waals surface area contributed by atoms with E-state index in [9.17, 15) is 9.59 Å². The summed E-state index contributed by atoms with van der Waals surface area (Å²) in [5.41, 5.74) is 8.99. The van der Waals surface area contributed by atoms with Crippen molar-refractivity contribution in [2.75, 3.05) is 19.6 Å². The van der Waals surface area contributed by atoms with Crippen LogP contribution in [0.1, 0.15) is 23.2 Å². The number of amides is 1. The molecule has 0 spiro atoms. The van der Waals surface area contributed by atoms with Gasteiger partial charge in [0.05, 0.1) is 17.8 Å². The van der Waals surface area contributed by atoms with Crippen molar-refractivity contribution in [2.24, 2.45) is 11.7 Å². The number of benzene rings is 2. The Labute approximate surface area is 158 Å². The molecule has 3 N–H and O–H groups in total. The maximum atomic E-state index is 13.2. The van der Waals surface area contributed by atoms with E-state index in [0.717, 1.165) is 53.7 Å². The number of hydrogen-bond acceptors (Lipinski definition) is 3. The number of ketones is 1. The molecule has 1 aliphatic heterocycles. The third-order valence-electron chi connectivity index (χ3n) is 5.40. The molecule has 1 aliphatic rings. The van der Waals surface area contributed by atoms with Gasteiger partial charge in [-0.15, -0.1) is 0 Å². The largest absolute Gasteiger partial charge is 0.369 e. The van der Waals surface area contributed by atoms with Crippen LogP contribution in [0.4, 0.5) is 0 Å². The highest BCUT2D eigenvalue weighted by molar-refractivity contribution is 6.14. The summed E-state index contributed by atoms with van der Waals surface area (Å²) in [6.07, 6.45) is 1.45. The van der Waals surface area contributed by atoms with E-state index in [2.05, 4.69) is 9.88 Å². The summed E-state index contributed by atoms with van der Waals surface area (Å²) in [4.78, 5) is 30.1. The molecular weight excluding hydrogens is 338 g/mol. The molecule has 2 heterocycles. The maximum Gasteiger partial charge on any atom is 0.220 e. The molecule has 1 fully saturated rings. The van der Waals surface area contributed by atoms with Crippen LogP contribution in [0.3, 0.4) is 0 Å². The molecule has 1 aromatic heterocycles. The Morgan fingerprint density at radius 1 is 1.00 bits per heavy atom. The van der Waals surface area contributed by atoms with Crippen molar-refractivity contribution >= 4 is 22.6 Å². The minimum absolute atomic E-state index is 0.0654. The topological polar surface area (TPSA) is 79.2 Å². The number of hydrogen-bond donors (Lipinski definition) is 2. The molecule has 4 rings (SSSR count). The second-order valence-electron chi connectivity index (χ2n) is 7.16. The lowest BCUT2D eigenvalue weighted by molar-refractivity contribution is -0.123. The van der Waals surface area contributed by atoms with Gasteiger partial charge in [-0.1, -0.05) is 48.5 Å². The minimum atomic E-state index is -0.232. The fourth-order valence-corrected chi connectivity index (χ4v) is 3.91. The van der Waals surface area contributed by atoms with Crippen molar-refractivity contribution in [3.63, 3.8) is 0 Å². The Morgan fingerprint density at radius 3 is 2.37 bits per heavy atom. The van der Waals surface area contributed by atoms with Crippen LogP contribution >= 0.6 is 0 Å². The summed E-state index contributed by atoms with van der Waals surface area (Å²) >= 11 is 0. The first-order valence-electron chi connectivity index (χ1n) is 9.34. The third-order valence-corrected chi connectivity index (χ3v) is 5.40. The summed E-state index contributed by atoms with van der Waals surface area (Å²) in [5, 5.41) is 0.952. The van der Waals surface area contributed by atoms with Gasteiger partial charge in [-0.2, -0.15) is 0 Å². The van der Waals surface area contributed by atoms with Gasteiger partial charge >= 0.3 is 0 Å². The predicted molar refractivity (Wildman–Crippen MR) is 106 cm³/mol. The number of para-hydroxylation sites is 1. The Hall–Kier alpha value is -2.92. The molecule has 0 radical (unpaired) electrons. The average Bonchev–Trinajstić information content (AvgIpc) is 3.09. The number of aromatic nitrogens is 1. The van der Waals surface area contributed by atoms with Crippen molar-refractivity contribution < 1.29 is 9.59 Å². The molecule has 0 aliphatic carbocycles. The number of nitrogens with zero attached hydrogens (tertiary/aromatic N) is 1. The van der Waals surface area contributed by atoms with Gasteiger partial charge in [0.25, 0.3) is 0 Å². The summed E-state index contributed by atoms with van der Waals surface area (Å²) in [6.45, 7) is 1.80. The van der Waals surface area contributed by atoms with E-state index in [1.54, 1.807) is 0 Å². The van der Waals surface area contributed by atoms with Gasteiger partial charge in [-0.05, 0) is 37.6 Å². The van der Waals surface area contributed by atoms with E-state index < -0.39 is 0 Å². The third kappa shape index (κ3) is 3.51. The number of primary amides is 1. The maximum absolute atomic E-state index is 13.2. The minimum Gasteiger partial charge on any atom is -0.369 e. The normalized spacial score (nSPS) is 15.9. The molecule has 0 bridgehead atoms. The number of likely N-dealkylation sites (tertiary alicyclic amines) is 1. The van der Waals surface area contributed by atoms with Crippen LogP contribution in [-0.4, -0.2) is 41.2 Å². The highest BCUT2D eigenvalue weighted by Crippen LogP contribution is 2.31. The first kappa shape index (κ1) is 17.5. The van der Waals surface area contributed by atoms with Crippen molar-refractivity contribution in [3.05, 3.63) is 60.2 Å². The van der Waals surface area contributed by atoms with E-state index in [1.165, 1.54) is 0 Å². The molecule has 138 valence electrons. The van der Waals surface area contributed by atoms with Crippen LogP contribution in [0.2, 0.25) is 0 Å². The Kier molecular flexibility index (Phi) is 4.77. The number of fused-ring (bicyclic) bond motifs is 1. The second-order valence-corrected chi connectivity index (χ2v) is 7.16. The molecule has 5 heteroatoms. The lowest BCUT2D eigenvalue weighted by Gasteiger charge is -2.29. The number of nitrogens with one attached hydrogen (secondary N) is 1. The highest BCUT2D eigenvalue weighted by Gasteiger charge is 2.26. The predicted octanol–water partition coefficient (Wildman–Crippen LogP) is 3.21. The van der Waals surface area contributed by atoms with Crippen LogP contribution in [0.15, 0.2) is 54.6 Å². The summed E-state index contributed by atoms with van der Waals surface area (Å²) in [5.74, 6) is -0.197. The van der Waals surface area contributed by atoms with Gasteiger partial charge in [0.2, 0.25) is 5.91 Å². The van der Waals surface area contributed by atoms with Gasteiger partial charge in [-0.25, -0.2) is 0 Å². The van der Waals surface area contributed by atoms with E-state index in [0.29, 0.717) is 6.54 Å². The summed E-state index contributed by atoms with van der Waals surface area (Å²) in [7, 11) is 0. The zero-order valence-electron chi connectivity index (χ0n) is 15.2. The summed E-state index contributed by atoms with van der Waals surface area (Å²) in [6, 6.07) is 17.9. The van der Waals surface area contributed by atoms with E-state index in [4.69, 9.17) is 5.73 Å². The molecule has 27 heavy (non-hydrogen) atoms. The fourth-order valence-electron chi connectivity index (χ4n) is 3.91. The van der Waals surface area contributed by atoms with Crippen LogP contribution in [0.5, 0.6) is 0 Å². The number of aromatic amines is 1. The van der Waals surface area contributed by atoms with Crippen molar-refractivity contribution in [1.82, 2.24) is 9.88 Å². The number of nitrogens with two attached hydrogens (primary N) is 1. The first-order valence-corrected chi connectivity index (χ1v) is 9.34. The van der Waals surface area contributed by atoms with Crippen LogP contribution in [0, 0.1) is 5.92 Å². The van der Waals surface area contributed by atoms with Gasteiger partial charge in [-0.3, -0.25) is 14.5 Å². The quantitative estimate of drug-likeness (QED) is 0.685. The molecule has 2 aromatic carbocycles. The standard InChI is InChI=1S/C22H23N3O2/c23-22(27)16-10-12-25(13-11-16)14-19(26)20-17-8-4-5-9-18(17)24-21(20)15-6-2-1-3-7-15/h1-9,16,24H,10-14H2,(H2,23,27). The highest BCUT2D eigenvalue weighted by atomic mass is 16.1. The molecule has 0 saturated carbocycles. The summed E-state index contributed by atoms with van der Waals surface area (Å²) < 4.78 is 0. The van der Waals surface area contributed by atoms with E-state index in [-0.39, 0.29) is 17.6 Å². The SMILES string of the molecule is NC(=O)C1CCN(CC(=O)c2c(-c3ccccc3)[nH]c3ccccc23)CC1. The molecule has 0 unspecified atom stereocenters. The van der Waals surface area contributed by atoms with E-state index >= 15 is 0 Å². The molecular formula is C22H23N3O2. The monoisotopic (exact) mass is 361 g/mol. The first-order chi connectivity index (χ1) is 13.1. The van der Waals surface area contributed by atoms with Gasteiger partial charge in [0.15, 0.2) is 5.78 Å². The molecule has 1 saturated heterocycles. The smallest absolute Gasteiger partial charge is 0.220 e. The van der Waals surface area contributed by atoms with Crippen molar-refractivity contribution in [2.45, 2.75) is 12.8 Å². The molecule has 0 atom stereocenters. The number of H-pyrrole nitrogens is 1.